The Bertz CT molecular complexity index is 163. The molecule has 0 N–H and O–H groups in total. The van der Waals surface area contributed by atoms with Gasteiger partial charge in [0, 0.05) is 11.9 Å². The SMILES string of the molecule is CCCCCC(=O)[O-].CCCCCC(=O)[O-].[PbH2+2]. The van der Waals surface area contributed by atoms with Gasteiger partial charge in [0.2, 0.25) is 0 Å². The first kappa shape index (κ1) is 22.1. The predicted octanol–water partition coefficient (Wildman–Crippen LogP) is -0.283. The van der Waals surface area contributed by atoms with Crippen molar-refractivity contribution in [1.82, 2.24) is 0 Å². The molecule has 0 aromatic heterocycles. The van der Waals surface area contributed by atoms with Crippen LogP contribution in [0.25, 0.3) is 0 Å². The fraction of sp³-hybridized carbons (Fsp3) is 0.833. The maximum atomic E-state index is 9.76. The molecule has 17 heavy (non-hydrogen) atoms. The van der Waals surface area contributed by atoms with E-state index in [9.17, 15) is 19.8 Å². The average Bonchev–Trinajstić information content (AvgIpc) is 2.18. The summed E-state index contributed by atoms with van der Waals surface area (Å²) in [6.07, 6.45) is 6.07. The van der Waals surface area contributed by atoms with E-state index in [1.54, 1.807) is 0 Å². The fourth-order valence-electron chi connectivity index (χ4n) is 1.04. The number of aliphatic carboxylic acids is 2. The zero-order chi connectivity index (χ0) is 12.8. The van der Waals surface area contributed by atoms with Gasteiger partial charge in [-0.25, -0.2) is 0 Å². The molecule has 0 amide bonds. The Morgan fingerprint density at radius 1 is 0.765 bits per heavy atom. The number of carbonyl (C=O) groups excluding carboxylic acids is 2. The van der Waals surface area contributed by atoms with Crippen LogP contribution in [-0.2, 0) is 9.59 Å². The Morgan fingerprint density at radius 3 is 1.24 bits per heavy atom. The van der Waals surface area contributed by atoms with E-state index in [4.69, 9.17) is 0 Å². The number of carbonyl (C=O) groups is 2. The molecule has 0 aromatic carbocycles. The predicted molar refractivity (Wildman–Crippen MR) is 66.8 cm³/mol. The van der Waals surface area contributed by atoms with E-state index in [-0.39, 0.29) is 40.1 Å². The molecular formula is C12H24O4Pb. The summed E-state index contributed by atoms with van der Waals surface area (Å²) >= 11 is 0. The molecule has 0 aromatic rings. The van der Waals surface area contributed by atoms with Crippen molar-refractivity contribution >= 4 is 39.2 Å². The second kappa shape index (κ2) is 18.2. The van der Waals surface area contributed by atoms with Crippen LogP contribution in [0, 0.1) is 0 Å². The van der Waals surface area contributed by atoms with Crippen molar-refractivity contribution in [3.05, 3.63) is 0 Å². The molecule has 0 aliphatic rings. The van der Waals surface area contributed by atoms with E-state index in [0.717, 1.165) is 38.5 Å². The summed E-state index contributed by atoms with van der Waals surface area (Å²) in [4.78, 5) is 19.5. The number of hydrogen-bond acceptors (Lipinski definition) is 4. The quantitative estimate of drug-likeness (QED) is 0.385. The normalized spacial score (nSPS) is 8.59. The van der Waals surface area contributed by atoms with Crippen LogP contribution in [0.2, 0.25) is 0 Å². The van der Waals surface area contributed by atoms with Crippen molar-refractivity contribution in [3.63, 3.8) is 0 Å². The van der Waals surface area contributed by atoms with E-state index >= 15 is 0 Å². The Balaban J connectivity index is -0.000000218. The molecule has 0 heterocycles. The number of unbranched alkanes of at least 4 members (excludes halogenated alkanes) is 4. The van der Waals surface area contributed by atoms with Gasteiger partial charge in [0.15, 0.2) is 0 Å². The molecule has 0 saturated carbocycles. The van der Waals surface area contributed by atoms with E-state index in [1.165, 1.54) is 0 Å². The first-order chi connectivity index (χ1) is 7.54. The molecule has 4 nitrogen and oxygen atoms in total. The molecule has 0 unspecified atom stereocenters. The first-order valence-corrected chi connectivity index (χ1v) is 5.94. The molecule has 0 atom stereocenters. The van der Waals surface area contributed by atoms with Crippen molar-refractivity contribution in [2.75, 3.05) is 0 Å². The van der Waals surface area contributed by atoms with Crippen molar-refractivity contribution in [3.8, 4) is 0 Å². The topological polar surface area (TPSA) is 80.3 Å². The van der Waals surface area contributed by atoms with Crippen molar-refractivity contribution in [1.29, 1.82) is 0 Å². The van der Waals surface area contributed by atoms with Crippen LogP contribution in [0.5, 0.6) is 0 Å². The summed E-state index contributed by atoms with van der Waals surface area (Å²) in [6.45, 7) is 4.07. The summed E-state index contributed by atoms with van der Waals surface area (Å²) in [7, 11) is 0. The number of carboxylic acids is 2. The number of rotatable bonds is 8. The minimum absolute atomic E-state index is 0. The Hall–Kier alpha value is -0.138. The van der Waals surface area contributed by atoms with Crippen molar-refractivity contribution in [2.45, 2.75) is 65.2 Å². The zero-order valence-corrected chi connectivity index (χ0v) is 16.5. The van der Waals surface area contributed by atoms with Crippen LogP contribution in [0.3, 0.4) is 0 Å². The summed E-state index contributed by atoms with van der Waals surface area (Å²) in [6, 6.07) is 0. The van der Waals surface area contributed by atoms with E-state index in [1.807, 2.05) is 13.8 Å². The molecule has 5 heteroatoms. The van der Waals surface area contributed by atoms with Crippen molar-refractivity contribution in [2.24, 2.45) is 0 Å². The summed E-state index contributed by atoms with van der Waals surface area (Å²) in [5.41, 5.74) is 0. The van der Waals surface area contributed by atoms with Crippen LogP contribution in [0.15, 0.2) is 0 Å². The second-order valence-corrected chi connectivity index (χ2v) is 3.66. The van der Waals surface area contributed by atoms with Gasteiger partial charge in [-0.05, 0) is 25.7 Å². The number of carboxylic acid groups (broad SMARTS) is 2. The van der Waals surface area contributed by atoms with E-state index < -0.39 is 11.9 Å². The van der Waals surface area contributed by atoms with Gasteiger partial charge in [0.1, 0.15) is 0 Å². The van der Waals surface area contributed by atoms with E-state index in [2.05, 4.69) is 0 Å². The molecule has 0 aliphatic carbocycles. The minimum atomic E-state index is -0.932. The molecule has 0 aliphatic heterocycles. The van der Waals surface area contributed by atoms with Crippen LogP contribution < -0.4 is 10.2 Å². The van der Waals surface area contributed by atoms with Crippen LogP contribution >= 0.6 is 0 Å². The maximum absolute atomic E-state index is 9.76. The third-order valence-electron chi connectivity index (χ3n) is 1.97. The molecule has 0 saturated heterocycles. The Kier molecular flexibility index (Phi) is 23.7. The van der Waals surface area contributed by atoms with Crippen LogP contribution in [0.4, 0.5) is 0 Å². The van der Waals surface area contributed by atoms with E-state index in [0.29, 0.717) is 0 Å². The van der Waals surface area contributed by atoms with Gasteiger partial charge < -0.3 is 19.8 Å². The van der Waals surface area contributed by atoms with Gasteiger partial charge in [-0.2, -0.15) is 0 Å². The van der Waals surface area contributed by atoms with Gasteiger partial charge in [0.25, 0.3) is 0 Å². The molecule has 100 valence electrons. The molecular weight excluding hydrogens is 415 g/mol. The third-order valence-corrected chi connectivity index (χ3v) is 1.97. The van der Waals surface area contributed by atoms with Gasteiger partial charge in [-0.3, -0.25) is 0 Å². The summed E-state index contributed by atoms with van der Waals surface area (Å²) in [5.74, 6) is -1.86. The molecule has 0 fully saturated rings. The fourth-order valence-corrected chi connectivity index (χ4v) is 1.04. The second-order valence-electron chi connectivity index (χ2n) is 3.66. The van der Waals surface area contributed by atoms with Gasteiger partial charge >= 0.3 is 27.3 Å². The number of hydrogen-bond donors (Lipinski definition) is 0. The molecule has 0 spiro atoms. The monoisotopic (exact) mass is 440 g/mol. The van der Waals surface area contributed by atoms with Gasteiger partial charge in [0.05, 0.1) is 0 Å². The molecule has 0 radical (unpaired) electrons. The standard InChI is InChI=1S/2C6H12O2.Pb.2H/c2*1-2-3-4-5-6(7)8;;;/h2*2-5H2,1H3,(H,7,8);;;/q;;+2;;/p-2. The van der Waals surface area contributed by atoms with Gasteiger partial charge in [-0.1, -0.05) is 39.5 Å². The average molecular weight is 440 g/mol. The van der Waals surface area contributed by atoms with Crippen LogP contribution in [0.1, 0.15) is 65.2 Å². The van der Waals surface area contributed by atoms with Crippen LogP contribution in [-0.4, -0.2) is 39.2 Å². The van der Waals surface area contributed by atoms with Crippen molar-refractivity contribution < 1.29 is 19.8 Å². The molecule has 0 rings (SSSR count). The third kappa shape index (κ3) is 31.3. The van der Waals surface area contributed by atoms with Gasteiger partial charge in [-0.15, -0.1) is 0 Å². The molecule has 0 bridgehead atoms. The Morgan fingerprint density at radius 2 is 1.06 bits per heavy atom. The summed E-state index contributed by atoms with van der Waals surface area (Å²) in [5, 5.41) is 19.5. The Labute approximate surface area is 124 Å². The summed E-state index contributed by atoms with van der Waals surface area (Å²) < 4.78 is 0. The first-order valence-electron chi connectivity index (χ1n) is 5.94. The zero-order valence-electron chi connectivity index (χ0n) is 11.0.